The Kier molecular flexibility index (Phi) is 6.88. The van der Waals surface area contributed by atoms with Crippen LogP contribution in [0.3, 0.4) is 0 Å². The molecule has 0 aliphatic carbocycles. The second-order valence-corrected chi connectivity index (χ2v) is 9.49. The number of sulfonamides is 1. The molecule has 0 spiro atoms. The minimum absolute atomic E-state index is 0.0601. The van der Waals surface area contributed by atoms with Crippen LogP contribution in [-0.4, -0.2) is 62.3 Å². The average Bonchev–Trinajstić information content (AvgIpc) is 2.59. The molecule has 2 atom stereocenters. The van der Waals surface area contributed by atoms with Crippen LogP contribution in [0.5, 0.6) is 0 Å². The molecule has 0 unspecified atom stereocenters. The van der Waals surface area contributed by atoms with Gasteiger partial charge in [-0.15, -0.1) is 0 Å². The van der Waals surface area contributed by atoms with Crippen LogP contribution in [0.2, 0.25) is 5.02 Å². The third kappa shape index (κ3) is 4.80. The van der Waals surface area contributed by atoms with Crippen LogP contribution in [0, 0.1) is 0 Å². The van der Waals surface area contributed by atoms with Gasteiger partial charge in [-0.3, -0.25) is 4.79 Å². The predicted octanol–water partition coefficient (Wildman–Crippen LogP) is 2.54. The molecule has 7 nitrogen and oxygen atoms in total. The van der Waals surface area contributed by atoms with Crippen LogP contribution in [-0.2, 0) is 19.6 Å². The van der Waals surface area contributed by atoms with Gasteiger partial charge in [-0.25, -0.2) is 17.5 Å². The molecule has 0 N–H and O–H groups in total. The fourth-order valence-electron chi connectivity index (χ4n) is 3.22. The standard InChI is InChI=1S/C18H25ClN2O5S/c1-12-6-5-7-13(2)21(12)17(22)11-26-18(23)15-10-14(8-9-16(15)19)27(24,25)20(3)4/h8-10,12-13H,5-7,11H2,1-4H3/t12-,13+. The van der Waals surface area contributed by atoms with Crippen molar-refractivity contribution in [2.45, 2.75) is 50.1 Å². The van der Waals surface area contributed by atoms with E-state index < -0.39 is 22.6 Å². The Hall–Kier alpha value is -1.64. The number of benzene rings is 1. The molecule has 1 aliphatic rings. The molecule has 1 amide bonds. The Labute approximate surface area is 165 Å². The van der Waals surface area contributed by atoms with Crippen molar-refractivity contribution in [3.8, 4) is 0 Å². The summed E-state index contributed by atoms with van der Waals surface area (Å²) in [5.41, 5.74) is -0.0906. The molecular formula is C18H25ClN2O5S. The number of rotatable bonds is 5. The number of halogens is 1. The molecule has 150 valence electrons. The maximum atomic E-state index is 12.5. The van der Waals surface area contributed by atoms with Gasteiger partial charge in [-0.05, 0) is 51.3 Å². The minimum Gasteiger partial charge on any atom is -0.452 e. The number of carbonyl (C=O) groups is 2. The van der Waals surface area contributed by atoms with Crippen molar-refractivity contribution in [3.63, 3.8) is 0 Å². The van der Waals surface area contributed by atoms with Crippen molar-refractivity contribution in [1.82, 2.24) is 9.21 Å². The second kappa shape index (κ2) is 8.58. The summed E-state index contributed by atoms with van der Waals surface area (Å²) in [4.78, 5) is 26.5. The van der Waals surface area contributed by atoms with Crippen molar-refractivity contribution in [2.24, 2.45) is 0 Å². The molecule has 9 heteroatoms. The zero-order valence-corrected chi connectivity index (χ0v) is 17.5. The highest BCUT2D eigenvalue weighted by Crippen LogP contribution is 2.24. The lowest BCUT2D eigenvalue weighted by Crippen LogP contribution is -2.49. The lowest BCUT2D eigenvalue weighted by atomic mass is 9.97. The van der Waals surface area contributed by atoms with E-state index in [9.17, 15) is 18.0 Å². The first-order chi connectivity index (χ1) is 12.6. The lowest BCUT2D eigenvalue weighted by Gasteiger charge is -2.38. The van der Waals surface area contributed by atoms with Crippen LogP contribution < -0.4 is 0 Å². The van der Waals surface area contributed by atoms with Crippen molar-refractivity contribution < 1.29 is 22.7 Å². The van der Waals surface area contributed by atoms with E-state index in [1.54, 1.807) is 4.90 Å². The van der Waals surface area contributed by atoms with E-state index in [1.165, 1.54) is 26.2 Å². The highest BCUT2D eigenvalue weighted by atomic mass is 35.5. The number of hydrogen-bond donors (Lipinski definition) is 0. The summed E-state index contributed by atoms with van der Waals surface area (Å²) >= 11 is 6.03. The third-order valence-corrected chi connectivity index (χ3v) is 6.89. The summed E-state index contributed by atoms with van der Waals surface area (Å²) in [5.74, 6) is -1.10. The molecule has 0 bridgehead atoms. The van der Waals surface area contributed by atoms with Crippen molar-refractivity contribution >= 4 is 33.5 Å². The first kappa shape index (κ1) is 21.7. The van der Waals surface area contributed by atoms with Gasteiger partial charge in [-0.2, -0.15) is 0 Å². The van der Waals surface area contributed by atoms with E-state index in [2.05, 4.69) is 0 Å². The molecule has 1 heterocycles. The van der Waals surface area contributed by atoms with E-state index in [1.807, 2.05) is 13.8 Å². The molecular weight excluding hydrogens is 392 g/mol. The van der Waals surface area contributed by atoms with Gasteiger partial charge >= 0.3 is 5.97 Å². The van der Waals surface area contributed by atoms with E-state index in [0.717, 1.165) is 29.6 Å². The number of esters is 1. The van der Waals surface area contributed by atoms with Crippen LogP contribution in [0.15, 0.2) is 23.1 Å². The van der Waals surface area contributed by atoms with E-state index in [-0.39, 0.29) is 33.5 Å². The summed E-state index contributed by atoms with van der Waals surface area (Å²) in [5, 5.41) is 0.0601. The molecule has 1 aromatic carbocycles. The summed E-state index contributed by atoms with van der Waals surface area (Å²) in [6.07, 6.45) is 2.90. The van der Waals surface area contributed by atoms with Gasteiger partial charge in [0.25, 0.3) is 5.91 Å². The smallest absolute Gasteiger partial charge is 0.340 e. The summed E-state index contributed by atoms with van der Waals surface area (Å²) in [6.45, 7) is 3.54. The van der Waals surface area contributed by atoms with Gasteiger partial charge in [0.1, 0.15) is 0 Å². The van der Waals surface area contributed by atoms with Crippen molar-refractivity contribution in [3.05, 3.63) is 28.8 Å². The SMILES string of the molecule is C[C@@H]1CCC[C@H](C)N1C(=O)COC(=O)c1cc(S(=O)(=O)N(C)C)ccc1Cl. The third-order valence-electron chi connectivity index (χ3n) is 4.74. The largest absolute Gasteiger partial charge is 0.452 e. The number of amides is 1. The van der Waals surface area contributed by atoms with Crippen LogP contribution >= 0.6 is 11.6 Å². The molecule has 0 radical (unpaired) electrons. The van der Waals surface area contributed by atoms with Crippen molar-refractivity contribution in [2.75, 3.05) is 20.7 Å². The maximum Gasteiger partial charge on any atom is 0.340 e. The molecule has 2 rings (SSSR count). The van der Waals surface area contributed by atoms with Gasteiger partial charge in [0, 0.05) is 26.2 Å². The fourth-order valence-corrected chi connectivity index (χ4v) is 4.35. The number of ether oxygens (including phenoxy) is 1. The minimum atomic E-state index is -3.72. The van der Waals surface area contributed by atoms with Crippen LogP contribution in [0.4, 0.5) is 0 Å². The number of carbonyl (C=O) groups excluding carboxylic acids is 2. The fraction of sp³-hybridized carbons (Fsp3) is 0.556. The molecule has 0 saturated carbocycles. The Balaban J connectivity index is 2.13. The molecule has 0 aromatic heterocycles. The highest BCUT2D eigenvalue weighted by Gasteiger charge is 2.30. The molecule has 1 aromatic rings. The second-order valence-electron chi connectivity index (χ2n) is 6.94. The van der Waals surface area contributed by atoms with E-state index in [4.69, 9.17) is 16.3 Å². The average molecular weight is 417 g/mol. The monoisotopic (exact) mass is 416 g/mol. The first-order valence-electron chi connectivity index (χ1n) is 8.76. The highest BCUT2D eigenvalue weighted by molar-refractivity contribution is 7.89. The number of hydrogen-bond acceptors (Lipinski definition) is 5. The van der Waals surface area contributed by atoms with Gasteiger partial charge in [0.15, 0.2) is 6.61 Å². The van der Waals surface area contributed by atoms with Gasteiger partial charge in [0.2, 0.25) is 10.0 Å². The molecule has 1 aliphatic heterocycles. The Bertz CT molecular complexity index is 815. The quantitative estimate of drug-likeness (QED) is 0.688. The van der Waals surface area contributed by atoms with Crippen LogP contribution in [0.1, 0.15) is 43.5 Å². The normalized spacial score (nSPS) is 20.6. The van der Waals surface area contributed by atoms with Crippen molar-refractivity contribution in [1.29, 1.82) is 0 Å². The predicted molar refractivity (Wildman–Crippen MR) is 102 cm³/mol. The zero-order chi connectivity index (χ0) is 20.4. The van der Waals surface area contributed by atoms with Gasteiger partial charge in [-0.1, -0.05) is 11.6 Å². The first-order valence-corrected chi connectivity index (χ1v) is 10.6. The maximum absolute atomic E-state index is 12.5. The lowest BCUT2D eigenvalue weighted by molar-refractivity contribution is -0.140. The number of piperidine rings is 1. The summed E-state index contributed by atoms with van der Waals surface area (Å²) < 4.78 is 30.6. The molecule has 1 fully saturated rings. The Morgan fingerprint density at radius 3 is 2.37 bits per heavy atom. The van der Waals surface area contributed by atoms with E-state index in [0.29, 0.717) is 0 Å². The summed E-state index contributed by atoms with van der Waals surface area (Å²) in [7, 11) is -0.940. The van der Waals surface area contributed by atoms with Crippen LogP contribution in [0.25, 0.3) is 0 Å². The topological polar surface area (TPSA) is 84.0 Å². The van der Waals surface area contributed by atoms with Gasteiger partial charge in [0.05, 0.1) is 15.5 Å². The molecule has 27 heavy (non-hydrogen) atoms. The van der Waals surface area contributed by atoms with Gasteiger partial charge < -0.3 is 9.64 Å². The molecule has 1 saturated heterocycles. The zero-order valence-electron chi connectivity index (χ0n) is 15.9. The Morgan fingerprint density at radius 2 is 1.81 bits per heavy atom. The summed E-state index contributed by atoms with van der Waals surface area (Å²) in [6, 6.07) is 3.99. The Morgan fingerprint density at radius 1 is 1.22 bits per heavy atom. The number of nitrogens with zero attached hydrogens (tertiary/aromatic N) is 2. The number of likely N-dealkylation sites (tertiary alicyclic amines) is 1. The van der Waals surface area contributed by atoms with E-state index >= 15 is 0 Å².